The van der Waals surface area contributed by atoms with Gasteiger partial charge in [-0.2, -0.15) is 0 Å². The standard InChI is InChI=1S/C19H38N4O9/c1-5-2-8(13(26)16(29)11(5)24)30-18-12(25)6(21)3-7(22)17(18)32-19-10(23)15(28)14(27)9(4-20)31-19/h5-19,24-29H,2-4,20-23H2,1H3. The van der Waals surface area contributed by atoms with Crippen LogP contribution in [0.15, 0.2) is 0 Å². The van der Waals surface area contributed by atoms with Gasteiger partial charge in [-0.15, -0.1) is 0 Å². The van der Waals surface area contributed by atoms with Crippen LogP contribution in [0.1, 0.15) is 19.8 Å². The molecular weight excluding hydrogens is 428 g/mol. The first-order chi connectivity index (χ1) is 15.0. The lowest BCUT2D eigenvalue weighted by molar-refractivity contribution is -0.299. The first-order valence-electron chi connectivity index (χ1n) is 11.0. The Morgan fingerprint density at radius 3 is 2.03 bits per heavy atom. The number of hydrogen-bond donors (Lipinski definition) is 10. The molecule has 0 radical (unpaired) electrons. The Kier molecular flexibility index (Phi) is 8.48. The normalized spacial score (nSPS) is 55.0. The highest BCUT2D eigenvalue weighted by Gasteiger charge is 2.51. The third-order valence-electron chi connectivity index (χ3n) is 6.94. The minimum Gasteiger partial charge on any atom is -0.390 e. The zero-order valence-corrected chi connectivity index (χ0v) is 18.0. The number of ether oxygens (including phenoxy) is 3. The van der Waals surface area contributed by atoms with Gasteiger partial charge in [-0.1, -0.05) is 6.92 Å². The van der Waals surface area contributed by atoms with Crippen molar-refractivity contribution >= 4 is 0 Å². The van der Waals surface area contributed by atoms with Crippen molar-refractivity contribution in [1.29, 1.82) is 0 Å². The van der Waals surface area contributed by atoms with Crippen molar-refractivity contribution in [3.8, 4) is 0 Å². The molecular formula is C19H38N4O9. The van der Waals surface area contributed by atoms with Crippen LogP contribution in [0.4, 0.5) is 0 Å². The summed E-state index contributed by atoms with van der Waals surface area (Å²) in [5.74, 6) is -0.377. The molecule has 13 heteroatoms. The average molecular weight is 467 g/mol. The molecule has 0 aromatic carbocycles. The van der Waals surface area contributed by atoms with Crippen molar-refractivity contribution in [1.82, 2.24) is 0 Å². The van der Waals surface area contributed by atoms with Gasteiger partial charge in [0.25, 0.3) is 0 Å². The highest BCUT2D eigenvalue weighted by molar-refractivity contribution is 5.02. The maximum atomic E-state index is 10.8. The quantitative estimate of drug-likeness (QED) is 0.181. The zero-order valence-electron chi connectivity index (χ0n) is 18.0. The first-order valence-corrected chi connectivity index (χ1v) is 11.0. The minimum absolute atomic E-state index is 0.0959. The van der Waals surface area contributed by atoms with E-state index >= 15 is 0 Å². The topological polar surface area (TPSA) is 253 Å². The number of hydrogen-bond acceptors (Lipinski definition) is 13. The van der Waals surface area contributed by atoms with Crippen LogP contribution >= 0.6 is 0 Å². The van der Waals surface area contributed by atoms with Crippen LogP contribution in [0.2, 0.25) is 0 Å². The summed E-state index contributed by atoms with van der Waals surface area (Å²) in [6, 6.07) is -2.59. The fourth-order valence-corrected chi connectivity index (χ4v) is 4.77. The number of aliphatic hydroxyl groups is 6. The van der Waals surface area contributed by atoms with Gasteiger partial charge in [-0.3, -0.25) is 0 Å². The number of aliphatic hydroxyl groups excluding tert-OH is 6. The minimum atomic E-state index is -1.43. The van der Waals surface area contributed by atoms with Crippen LogP contribution in [0, 0.1) is 5.92 Å². The highest BCUT2D eigenvalue weighted by atomic mass is 16.7. The van der Waals surface area contributed by atoms with Gasteiger partial charge in [0, 0.05) is 18.6 Å². The van der Waals surface area contributed by atoms with E-state index in [1.54, 1.807) is 6.92 Å². The van der Waals surface area contributed by atoms with E-state index in [4.69, 9.17) is 37.1 Å². The van der Waals surface area contributed by atoms with Crippen molar-refractivity contribution in [3.05, 3.63) is 0 Å². The molecule has 0 spiro atoms. The van der Waals surface area contributed by atoms with Crippen LogP contribution in [0.25, 0.3) is 0 Å². The largest absolute Gasteiger partial charge is 0.390 e. The molecule has 3 rings (SSSR count). The fourth-order valence-electron chi connectivity index (χ4n) is 4.77. The smallest absolute Gasteiger partial charge is 0.176 e. The molecule has 0 bridgehead atoms. The summed E-state index contributed by atoms with van der Waals surface area (Å²) in [7, 11) is 0. The van der Waals surface area contributed by atoms with Crippen LogP contribution in [-0.2, 0) is 14.2 Å². The molecule has 2 aliphatic carbocycles. The molecule has 0 aromatic heterocycles. The van der Waals surface area contributed by atoms with Crippen molar-refractivity contribution in [2.24, 2.45) is 28.9 Å². The number of nitrogens with two attached hydrogens (primary N) is 4. The van der Waals surface area contributed by atoms with Crippen LogP contribution in [-0.4, -0.2) is 123 Å². The van der Waals surface area contributed by atoms with Gasteiger partial charge < -0.3 is 67.8 Å². The summed E-state index contributed by atoms with van der Waals surface area (Å²) >= 11 is 0. The third kappa shape index (κ3) is 4.95. The fraction of sp³-hybridized carbons (Fsp3) is 1.00. The van der Waals surface area contributed by atoms with Gasteiger partial charge in [0.1, 0.15) is 42.7 Å². The maximum Gasteiger partial charge on any atom is 0.176 e. The Morgan fingerprint density at radius 2 is 1.41 bits per heavy atom. The van der Waals surface area contributed by atoms with Gasteiger partial charge in [0.2, 0.25) is 0 Å². The van der Waals surface area contributed by atoms with Gasteiger partial charge in [0.05, 0.1) is 24.4 Å². The van der Waals surface area contributed by atoms with E-state index in [9.17, 15) is 30.6 Å². The molecule has 1 aliphatic heterocycles. The zero-order chi connectivity index (χ0) is 23.9. The predicted molar refractivity (Wildman–Crippen MR) is 110 cm³/mol. The predicted octanol–water partition coefficient (Wildman–Crippen LogP) is -5.60. The molecule has 0 amide bonds. The van der Waals surface area contributed by atoms with Crippen LogP contribution < -0.4 is 22.9 Å². The first kappa shape index (κ1) is 26.1. The average Bonchev–Trinajstić information content (AvgIpc) is 2.76. The van der Waals surface area contributed by atoms with Crippen molar-refractivity contribution in [2.45, 2.75) is 105 Å². The van der Waals surface area contributed by atoms with E-state index in [1.807, 2.05) is 0 Å². The second kappa shape index (κ2) is 10.4. The third-order valence-corrected chi connectivity index (χ3v) is 6.94. The Hall–Kier alpha value is -0.520. The maximum absolute atomic E-state index is 10.8. The molecule has 0 aromatic rings. The van der Waals surface area contributed by atoms with Crippen molar-refractivity contribution < 1.29 is 44.8 Å². The molecule has 3 fully saturated rings. The molecule has 1 saturated heterocycles. The van der Waals surface area contributed by atoms with E-state index in [2.05, 4.69) is 0 Å². The lowest BCUT2D eigenvalue weighted by Crippen LogP contribution is -2.68. The van der Waals surface area contributed by atoms with Crippen LogP contribution in [0.3, 0.4) is 0 Å². The van der Waals surface area contributed by atoms with Gasteiger partial charge in [-0.05, 0) is 18.8 Å². The molecule has 14 N–H and O–H groups in total. The second-order valence-corrected chi connectivity index (χ2v) is 9.32. The Balaban J connectivity index is 1.79. The molecule has 15 atom stereocenters. The SMILES string of the molecule is CC1CC(OC2C(O)C(N)CC(N)C2OC2OC(CN)C(O)C(O)C2N)C(O)C(O)C1O. The van der Waals surface area contributed by atoms with E-state index in [1.165, 1.54) is 0 Å². The summed E-state index contributed by atoms with van der Waals surface area (Å²) < 4.78 is 17.6. The Bertz CT molecular complexity index is 619. The number of rotatable bonds is 5. The summed E-state index contributed by atoms with van der Waals surface area (Å²) in [5.41, 5.74) is 23.9. The van der Waals surface area contributed by atoms with Crippen molar-refractivity contribution in [3.63, 3.8) is 0 Å². The van der Waals surface area contributed by atoms with Crippen LogP contribution in [0.5, 0.6) is 0 Å². The lowest BCUT2D eigenvalue weighted by Gasteiger charge is -2.48. The molecule has 2 saturated carbocycles. The molecule has 188 valence electrons. The summed E-state index contributed by atoms with van der Waals surface area (Å²) in [6.07, 6.45) is -12.7. The second-order valence-electron chi connectivity index (χ2n) is 9.32. The summed E-state index contributed by atoms with van der Waals surface area (Å²) in [6.45, 7) is 1.61. The summed E-state index contributed by atoms with van der Waals surface area (Å²) in [4.78, 5) is 0. The Morgan fingerprint density at radius 1 is 0.750 bits per heavy atom. The van der Waals surface area contributed by atoms with E-state index in [0.717, 1.165) is 0 Å². The van der Waals surface area contributed by atoms with E-state index in [-0.39, 0.29) is 25.3 Å². The van der Waals surface area contributed by atoms with Gasteiger partial charge in [-0.25, -0.2) is 0 Å². The Labute approximate surface area is 186 Å². The van der Waals surface area contributed by atoms with E-state index in [0.29, 0.717) is 0 Å². The molecule has 13 nitrogen and oxygen atoms in total. The molecule has 3 aliphatic rings. The monoisotopic (exact) mass is 466 g/mol. The lowest BCUT2D eigenvalue weighted by atomic mass is 9.80. The van der Waals surface area contributed by atoms with Crippen molar-refractivity contribution in [2.75, 3.05) is 6.54 Å². The highest BCUT2D eigenvalue weighted by Crippen LogP contribution is 2.33. The molecule has 32 heavy (non-hydrogen) atoms. The summed E-state index contributed by atoms with van der Waals surface area (Å²) in [5, 5.41) is 61.6. The molecule has 15 unspecified atom stereocenters. The molecule has 1 heterocycles. The van der Waals surface area contributed by atoms with E-state index < -0.39 is 85.5 Å². The van der Waals surface area contributed by atoms with Gasteiger partial charge in [0.15, 0.2) is 6.29 Å². The van der Waals surface area contributed by atoms with Gasteiger partial charge >= 0.3 is 0 Å².